The van der Waals surface area contributed by atoms with Crippen molar-refractivity contribution in [3.8, 4) is 11.9 Å². The SMILES string of the molecule is CNC(=O)c1cc(C#N)cc(C)c1NC(=O)c1cc(Cn2ncc(C(C)C)n2)nn1-c1ncccc1Cl. The maximum absolute atomic E-state index is 13.6. The molecule has 12 heteroatoms. The second-order valence-electron chi connectivity index (χ2n) is 8.56. The summed E-state index contributed by atoms with van der Waals surface area (Å²) in [6, 6.07) is 9.96. The number of aryl methyl sites for hydroxylation is 1. The highest BCUT2D eigenvalue weighted by atomic mass is 35.5. The predicted octanol–water partition coefficient (Wildman–Crippen LogP) is 3.48. The first-order chi connectivity index (χ1) is 17.7. The fourth-order valence-electron chi connectivity index (χ4n) is 3.67. The molecule has 0 atom stereocenters. The molecule has 0 saturated carbocycles. The third kappa shape index (κ3) is 5.34. The largest absolute Gasteiger partial charge is 0.355 e. The molecular weight excluding hydrogens is 494 g/mol. The number of pyridine rings is 1. The van der Waals surface area contributed by atoms with E-state index in [1.807, 2.05) is 19.9 Å². The number of hydrogen-bond acceptors (Lipinski definition) is 7. The molecule has 0 fully saturated rings. The van der Waals surface area contributed by atoms with Crippen LogP contribution in [0, 0.1) is 18.3 Å². The Hall–Kier alpha value is -4.56. The van der Waals surface area contributed by atoms with Crippen LogP contribution in [0.4, 0.5) is 5.69 Å². The summed E-state index contributed by atoms with van der Waals surface area (Å²) < 4.78 is 1.35. The van der Waals surface area contributed by atoms with Gasteiger partial charge in [0.2, 0.25) is 0 Å². The minimum atomic E-state index is -0.547. The second-order valence-corrected chi connectivity index (χ2v) is 8.96. The summed E-state index contributed by atoms with van der Waals surface area (Å²) >= 11 is 6.38. The van der Waals surface area contributed by atoms with Crippen molar-refractivity contribution in [1.29, 1.82) is 5.26 Å². The van der Waals surface area contributed by atoms with Crippen LogP contribution in [-0.2, 0) is 6.54 Å². The number of benzene rings is 1. The van der Waals surface area contributed by atoms with Crippen LogP contribution in [0.15, 0.2) is 42.7 Å². The molecule has 11 nitrogen and oxygen atoms in total. The number of hydrogen-bond donors (Lipinski definition) is 2. The monoisotopic (exact) mass is 517 g/mol. The van der Waals surface area contributed by atoms with Crippen molar-refractivity contribution in [2.45, 2.75) is 33.2 Å². The molecule has 0 aliphatic heterocycles. The van der Waals surface area contributed by atoms with E-state index >= 15 is 0 Å². The molecule has 2 N–H and O–H groups in total. The number of amides is 2. The van der Waals surface area contributed by atoms with E-state index in [4.69, 9.17) is 11.6 Å². The summed E-state index contributed by atoms with van der Waals surface area (Å²) in [7, 11) is 1.47. The van der Waals surface area contributed by atoms with Crippen molar-refractivity contribution in [3.63, 3.8) is 0 Å². The van der Waals surface area contributed by atoms with Gasteiger partial charge in [0.15, 0.2) is 5.82 Å². The topological polar surface area (TPSA) is 143 Å². The van der Waals surface area contributed by atoms with E-state index in [2.05, 4.69) is 30.9 Å². The molecule has 0 bridgehead atoms. The van der Waals surface area contributed by atoms with Gasteiger partial charge in [-0.2, -0.15) is 25.4 Å². The number of nitrogens with one attached hydrogen (secondary N) is 2. The van der Waals surface area contributed by atoms with Gasteiger partial charge in [-0.25, -0.2) is 9.67 Å². The maximum atomic E-state index is 13.6. The molecule has 1 aromatic carbocycles. The van der Waals surface area contributed by atoms with Gasteiger partial charge in [-0.15, -0.1) is 0 Å². The van der Waals surface area contributed by atoms with E-state index in [9.17, 15) is 14.9 Å². The minimum Gasteiger partial charge on any atom is -0.355 e. The van der Waals surface area contributed by atoms with Crippen LogP contribution in [0.1, 0.15) is 63.1 Å². The Kier molecular flexibility index (Phi) is 7.31. The third-order valence-corrected chi connectivity index (χ3v) is 5.85. The number of halogens is 1. The Morgan fingerprint density at radius 3 is 2.62 bits per heavy atom. The van der Waals surface area contributed by atoms with Crippen LogP contribution in [-0.4, -0.2) is 48.6 Å². The Morgan fingerprint density at radius 1 is 1.19 bits per heavy atom. The lowest BCUT2D eigenvalue weighted by Crippen LogP contribution is -2.24. The zero-order valence-corrected chi connectivity index (χ0v) is 21.4. The summed E-state index contributed by atoms with van der Waals surface area (Å²) in [4.78, 5) is 31.9. The first-order valence-corrected chi connectivity index (χ1v) is 11.8. The lowest BCUT2D eigenvalue weighted by molar-refractivity contribution is 0.0964. The lowest BCUT2D eigenvalue weighted by Gasteiger charge is -2.14. The van der Waals surface area contributed by atoms with Crippen molar-refractivity contribution in [2.75, 3.05) is 12.4 Å². The van der Waals surface area contributed by atoms with Crippen LogP contribution < -0.4 is 10.6 Å². The Bertz CT molecular complexity index is 1530. The lowest BCUT2D eigenvalue weighted by atomic mass is 10.0. The number of aromatic nitrogens is 6. The quantitative estimate of drug-likeness (QED) is 0.382. The average molecular weight is 518 g/mol. The predicted molar refractivity (Wildman–Crippen MR) is 137 cm³/mol. The van der Waals surface area contributed by atoms with E-state index in [1.54, 1.807) is 43.6 Å². The number of anilines is 1. The van der Waals surface area contributed by atoms with Gasteiger partial charge in [-0.3, -0.25) is 9.59 Å². The first-order valence-electron chi connectivity index (χ1n) is 11.4. The van der Waals surface area contributed by atoms with Crippen molar-refractivity contribution >= 4 is 29.1 Å². The molecule has 0 radical (unpaired) electrons. The van der Waals surface area contributed by atoms with Gasteiger partial charge < -0.3 is 10.6 Å². The normalized spacial score (nSPS) is 10.8. The number of nitrogens with zero attached hydrogens (tertiary/aromatic N) is 7. The Morgan fingerprint density at radius 2 is 1.97 bits per heavy atom. The maximum Gasteiger partial charge on any atom is 0.274 e. The van der Waals surface area contributed by atoms with Crippen LogP contribution in [0.3, 0.4) is 0 Å². The molecule has 0 saturated heterocycles. The van der Waals surface area contributed by atoms with Crippen LogP contribution in [0.5, 0.6) is 0 Å². The summed E-state index contributed by atoms with van der Waals surface area (Å²) in [6.07, 6.45) is 3.24. The summed E-state index contributed by atoms with van der Waals surface area (Å²) in [5.74, 6) is -0.511. The molecule has 0 aliphatic rings. The van der Waals surface area contributed by atoms with E-state index in [0.29, 0.717) is 21.8 Å². The van der Waals surface area contributed by atoms with Gasteiger partial charge in [0.1, 0.15) is 12.2 Å². The van der Waals surface area contributed by atoms with E-state index in [1.165, 1.54) is 22.6 Å². The Balaban J connectivity index is 1.76. The van der Waals surface area contributed by atoms with Gasteiger partial charge in [-0.05, 0) is 48.7 Å². The van der Waals surface area contributed by atoms with Crippen molar-refractivity contribution < 1.29 is 9.59 Å². The van der Waals surface area contributed by atoms with Crippen molar-refractivity contribution in [1.82, 2.24) is 35.1 Å². The number of carbonyl (C=O) groups is 2. The molecule has 3 aromatic heterocycles. The zero-order chi connectivity index (χ0) is 26.7. The molecule has 2 amide bonds. The smallest absolute Gasteiger partial charge is 0.274 e. The molecule has 0 unspecified atom stereocenters. The first kappa shape index (κ1) is 25.5. The molecule has 3 heterocycles. The van der Waals surface area contributed by atoms with Gasteiger partial charge in [-0.1, -0.05) is 25.4 Å². The zero-order valence-electron chi connectivity index (χ0n) is 20.7. The van der Waals surface area contributed by atoms with Crippen LogP contribution >= 0.6 is 11.6 Å². The highest BCUT2D eigenvalue weighted by molar-refractivity contribution is 6.32. The van der Waals surface area contributed by atoms with Gasteiger partial charge in [0.25, 0.3) is 11.8 Å². The standard InChI is InChI=1S/C25H24ClN9O2/c1-14(2)20-12-30-34(33-20)13-17-10-21(35(32-17)23-19(26)6-5-7-29-23)25(37)31-22-15(3)8-16(11-27)9-18(22)24(36)28-4/h5-10,12,14H,13H2,1-4H3,(H,28,36)(H,31,37). The highest BCUT2D eigenvalue weighted by Crippen LogP contribution is 2.25. The average Bonchev–Trinajstić information content (AvgIpc) is 3.52. The number of carbonyl (C=O) groups excluding carboxylic acids is 2. The van der Waals surface area contributed by atoms with Crippen molar-refractivity contribution in [3.05, 3.63) is 81.5 Å². The fraction of sp³-hybridized carbons (Fsp3) is 0.240. The van der Waals surface area contributed by atoms with E-state index in [0.717, 1.165) is 5.69 Å². The molecule has 188 valence electrons. The van der Waals surface area contributed by atoms with Crippen molar-refractivity contribution in [2.24, 2.45) is 0 Å². The van der Waals surface area contributed by atoms with Crippen LogP contribution in [0.2, 0.25) is 5.02 Å². The fourth-order valence-corrected chi connectivity index (χ4v) is 3.87. The van der Waals surface area contributed by atoms with Gasteiger partial charge in [0.05, 0.1) is 45.5 Å². The molecule has 4 rings (SSSR count). The van der Waals surface area contributed by atoms with E-state index < -0.39 is 11.8 Å². The Labute approximate surface area is 218 Å². The molecule has 37 heavy (non-hydrogen) atoms. The minimum absolute atomic E-state index is 0.137. The molecule has 0 spiro atoms. The number of rotatable bonds is 7. The molecule has 0 aliphatic carbocycles. The third-order valence-electron chi connectivity index (χ3n) is 5.56. The van der Waals surface area contributed by atoms with Crippen LogP contribution in [0.25, 0.3) is 5.82 Å². The molecular formula is C25H24ClN9O2. The summed E-state index contributed by atoms with van der Waals surface area (Å²) in [5.41, 5.74) is 2.77. The van der Waals surface area contributed by atoms with E-state index in [-0.39, 0.29) is 35.2 Å². The molecule has 4 aromatic rings. The summed E-state index contributed by atoms with van der Waals surface area (Å²) in [6.45, 7) is 5.96. The second kappa shape index (κ2) is 10.6. The van der Waals surface area contributed by atoms with Gasteiger partial charge in [0, 0.05) is 13.2 Å². The highest BCUT2D eigenvalue weighted by Gasteiger charge is 2.23. The van der Waals surface area contributed by atoms with Gasteiger partial charge >= 0.3 is 0 Å². The number of nitriles is 1. The summed E-state index contributed by atoms with van der Waals surface area (Å²) in [5, 5.41) is 28.3.